The molecular formula is C21H31Cl2N3. The zero-order valence-corrected chi connectivity index (χ0v) is 17.6. The number of fused-ring (bicyclic) bond motifs is 1. The van der Waals surface area contributed by atoms with Crippen LogP contribution in [0.2, 0.25) is 10.0 Å². The van der Waals surface area contributed by atoms with Gasteiger partial charge in [-0.1, -0.05) is 87.9 Å². The Balaban J connectivity index is 1.73. The van der Waals surface area contributed by atoms with Gasteiger partial charge in [-0.2, -0.15) is 0 Å². The highest BCUT2D eigenvalue weighted by Crippen LogP contribution is 2.31. The molecule has 0 saturated heterocycles. The highest BCUT2D eigenvalue weighted by Gasteiger charge is 2.11. The summed E-state index contributed by atoms with van der Waals surface area (Å²) in [7, 11) is 2.07. The monoisotopic (exact) mass is 395 g/mol. The lowest BCUT2D eigenvalue weighted by atomic mass is 10.1. The molecule has 3 nitrogen and oxygen atoms in total. The summed E-state index contributed by atoms with van der Waals surface area (Å²) in [5, 5.41) is 2.11. The maximum atomic E-state index is 6.26. The molecule has 5 heteroatoms. The molecule has 0 radical (unpaired) electrons. The Bertz CT molecular complexity index is 676. The number of rotatable bonds is 12. The smallest absolute Gasteiger partial charge is 0.139 e. The molecule has 0 saturated carbocycles. The van der Waals surface area contributed by atoms with Gasteiger partial charge in [0.15, 0.2) is 0 Å². The predicted molar refractivity (Wildman–Crippen MR) is 115 cm³/mol. The van der Waals surface area contributed by atoms with Crippen molar-refractivity contribution >= 4 is 39.9 Å². The number of benzene rings is 1. The van der Waals surface area contributed by atoms with E-state index >= 15 is 0 Å². The summed E-state index contributed by atoms with van der Waals surface area (Å²) in [5.74, 6) is 0.898. The lowest BCUT2D eigenvalue weighted by molar-refractivity contribution is 0.556. The number of hydrogen-bond acceptors (Lipinski definition) is 3. The van der Waals surface area contributed by atoms with Crippen molar-refractivity contribution < 1.29 is 0 Å². The fourth-order valence-corrected chi connectivity index (χ4v) is 3.87. The summed E-state index contributed by atoms with van der Waals surface area (Å²) in [6, 6.07) is 3.62. The van der Waals surface area contributed by atoms with Gasteiger partial charge < -0.3 is 4.90 Å². The SMILES string of the molecule is CCCCCCCCCCCCN(C)c1ncnc2c(Cl)cc(Cl)cc12. The van der Waals surface area contributed by atoms with E-state index in [2.05, 4.69) is 28.8 Å². The van der Waals surface area contributed by atoms with Gasteiger partial charge >= 0.3 is 0 Å². The third-order valence-electron chi connectivity index (χ3n) is 4.84. The molecule has 1 aromatic heterocycles. The van der Waals surface area contributed by atoms with E-state index in [1.165, 1.54) is 64.2 Å². The van der Waals surface area contributed by atoms with Crippen molar-refractivity contribution in [3.8, 4) is 0 Å². The van der Waals surface area contributed by atoms with E-state index in [1.54, 1.807) is 12.4 Å². The van der Waals surface area contributed by atoms with E-state index in [1.807, 2.05) is 6.07 Å². The largest absolute Gasteiger partial charge is 0.359 e. The van der Waals surface area contributed by atoms with Crippen LogP contribution < -0.4 is 4.90 Å². The molecule has 0 amide bonds. The summed E-state index contributed by atoms with van der Waals surface area (Å²) in [6.45, 7) is 3.25. The van der Waals surface area contributed by atoms with Gasteiger partial charge in [0.1, 0.15) is 12.1 Å². The van der Waals surface area contributed by atoms with E-state index in [4.69, 9.17) is 23.2 Å². The molecule has 0 fully saturated rings. The van der Waals surface area contributed by atoms with Crippen molar-refractivity contribution in [1.29, 1.82) is 0 Å². The molecule has 0 aliphatic heterocycles. The summed E-state index contributed by atoms with van der Waals surface area (Å²) in [5.41, 5.74) is 0.760. The third-order valence-corrected chi connectivity index (χ3v) is 5.35. The molecular weight excluding hydrogens is 365 g/mol. The normalized spacial score (nSPS) is 11.2. The standard InChI is InChI=1S/C21H31Cl2N3/c1-3-4-5-6-7-8-9-10-11-12-13-26(2)21-18-14-17(22)15-19(23)20(18)24-16-25-21/h14-16H,3-13H2,1-2H3. The minimum atomic E-state index is 0.573. The third kappa shape index (κ3) is 6.59. The van der Waals surface area contributed by atoms with Gasteiger partial charge in [-0.3, -0.25) is 0 Å². The van der Waals surface area contributed by atoms with Crippen LogP contribution in [-0.2, 0) is 0 Å². The summed E-state index contributed by atoms with van der Waals surface area (Å²) >= 11 is 12.4. The molecule has 0 spiro atoms. The summed E-state index contributed by atoms with van der Waals surface area (Å²) in [6.07, 6.45) is 15.0. The number of nitrogens with zero attached hydrogens (tertiary/aromatic N) is 3. The Morgan fingerprint density at radius 3 is 2.12 bits per heavy atom. The first-order valence-electron chi connectivity index (χ1n) is 9.94. The molecule has 144 valence electrons. The zero-order valence-electron chi connectivity index (χ0n) is 16.1. The van der Waals surface area contributed by atoms with Crippen LogP contribution in [0.5, 0.6) is 0 Å². The Morgan fingerprint density at radius 2 is 1.46 bits per heavy atom. The Kier molecular flexibility index (Phi) is 9.49. The second-order valence-corrected chi connectivity index (χ2v) is 7.93. The molecule has 2 rings (SSSR count). The molecule has 2 aromatic rings. The quantitative estimate of drug-likeness (QED) is 0.353. The fraction of sp³-hybridized carbons (Fsp3) is 0.619. The van der Waals surface area contributed by atoms with Crippen LogP contribution in [0.3, 0.4) is 0 Å². The maximum Gasteiger partial charge on any atom is 0.139 e. The van der Waals surface area contributed by atoms with Crippen molar-refractivity contribution in [2.75, 3.05) is 18.5 Å². The van der Waals surface area contributed by atoms with Crippen LogP contribution in [0.4, 0.5) is 5.82 Å². The van der Waals surface area contributed by atoms with Gasteiger partial charge in [0.05, 0.1) is 10.5 Å². The van der Waals surface area contributed by atoms with E-state index in [-0.39, 0.29) is 0 Å². The Morgan fingerprint density at radius 1 is 0.846 bits per heavy atom. The molecule has 0 aliphatic carbocycles. The second-order valence-electron chi connectivity index (χ2n) is 7.08. The molecule has 1 heterocycles. The van der Waals surface area contributed by atoms with E-state index in [0.717, 1.165) is 23.3 Å². The van der Waals surface area contributed by atoms with Gasteiger partial charge in [-0.25, -0.2) is 9.97 Å². The van der Waals surface area contributed by atoms with Crippen molar-refractivity contribution in [2.24, 2.45) is 0 Å². The zero-order chi connectivity index (χ0) is 18.8. The van der Waals surface area contributed by atoms with Crippen LogP contribution in [-0.4, -0.2) is 23.6 Å². The maximum absolute atomic E-state index is 6.26. The van der Waals surface area contributed by atoms with Crippen LogP contribution >= 0.6 is 23.2 Å². The van der Waals surface area contributed by atoms with Crippen molar-refractivity contribution in [3.63, 3.8) is 0 Å². The fourth-order valence-electron chi connectivity index (χ4n) is 3.32. The van der Waals surface area contributed by atoms with Gasteiger partial charge in [0.2, 0.25) is 0 Å². The molecule has 0 bridgehead atoms. The lowest BCUT2D eigenvalue weighted by Crippen LogP contribution is -2.20. The number of hydrogen-bond donors (Lipinski definition) is 0. The average Bonchev–Trinajstić information content (AvgIpc) is 2.62. The Labute approximate surface area is 168 Å². The number of halogens is 2. The highest BCUT2D eigenvalue weighted by atomic mass is 35.5. The number of aromatic nitrogens is 2. The molecule has 0 unspecified atom stereocenters. The van der Waals surface area contributed by atoms with Gasteiger partial charge in [0, 0.05) is 24.0 Å². The molecule has 26 heavy (non-hydrogen) atoms. The minimum absolute atomic E-state index is 0.573. The van der Waals surface area contributed by atoms with E-state index < -0.39 is 0 Å². The van der Waals surface area contributed by atoms with E-state index in [9.17, 15) is 0 Å². The first kappa shape index (κ1) is 21.2. The van der Waals surface area contributed by atoms with Crippen molar-refractivity contribution in [2.45, 2.75) is 71.1 Å². The van der Waals surface area contributed by atoms with Gasteiger partial charge in [-0.05, 0) is 18.6 Å². The van der Waals surface area contributed by atoms with Crippen molar-refractivity contribution in [1.82, 2.24) is 9.97 Å². The average molecular weight is 396 g/mol. The first-order chi connectivity index (χ1) is 12.6. The predicted octanol–water partition coefficient (Wildman–Crippen LogP) is 7.29. The van der Waals surface area contributed by atoms with Gasteiger partial charge in [-0.15, -0.1) is 0 Å². The molecule has 0 N–H and O–H groups in total. The summed E-state index contributed by atoms with van der Waals surface area (Å²) < 4.78 is 0. The molecule has 0 atom stereocenters. The molecule has 1 aromatic carbocycles. The topological polar surface area (TPSA) is 29.0 Å². The van der Waals surface area contributed by atoms with Crippen LogP contribution in [0.1, 0.15) is 71.1 Å². The van der Waals surface area contributed by atoms with Crippen LogP contribution in [0.15, 0.2) is 18.5 Å². The second kappa shape index (κ2) is 11.6. The Hall–Kier alpha value is -1.06. The molecule has 0 aliphatic rings. The van der Waals surface area contributed by atoms with Crippen molar-refractivity contribution in [3.05, 3.63) is 28.5 Å². The highest BCUT2D eigenvalue weighted by molar-refractivity contribution is 6.38. The minimum Gasteiger partial charge on any atom is -0.359 e. The van der Waals surface area contributed by atoms with Crippen LogP contribution in [0.25, 0.3) is 10.9 Å². The first-order valence-corrected chi connectivity index (χ1v) is 10.7. The number of unbranched alkanes of at least 4 members (excludes halogenated alkanes) is 9. The van der Waals surface area contributed by atoms with Gasteiger partial charge in [0.25, 0.3) is 0 Å². The summed E-state index contributed by atoms with van der Waals surface area (Å²) in [4.78, 5) is 10.9. The van der Waals surface area contributed by atoms with Crippen LogP contribution in [0, 0.1) is 0 Å². The lowest BCUT2D eigenvalue weighted by Gasteiger charge is -2.20. The number of anilines is 1. The van der Waals surface area contributed by atoms with E-state index in [0.29, 0.717) is 10.0 Å².